The Hall–Kier alpha value is -1.39. The minimum Gasteiger partial charge on any atom is -0.350 e. The molecule has 5 nitrogen and oxygen atoms in total. The van der Waals surface area contributed by atoms with Crippen molar-refractivity contribution in [1.82, 2.24) is 20.7 Å². The first-order valence-corrected chi connectivity index (χ1v) is 4.90. The zero-order valence-electron chi connectivity index (χ0n) is 8.21. The number of nitrogens with one attached hydrogen (secondary N) is 2. The minimum absolute atomic E-state index is 0.140. The third kappa shape index (κ3) is 1.76. The second-order valence-corrected chi connectivity index (χ2v) is 3.89. The van der Waals surface area contributed by atoms with E-state index in [4.69, 9.17) is 0 Å². The Kier molecular flexibility index (Phi) is 2.23. The predicted octanol–water partition coefficient (Wildman–Crippen LogP) is 0.725. The summed E-state index contributed by atoms with van der Waals surface area (Å²) in [6.45, 7) is 2.92. The number of hydrogen-bond acceptors (Lipinski definition) is 3. The van der Waals surface area contributed by atoms with E-state index >= 15 is 0 Å². The van der Waals surface area contributed by atoms with Crippen LogP contribution in [0.4, 0.5) is 0 Å². The third-order valence-electron chi connectivity index (χ3n) is 2.98. The molecule has 0 spiro atoms. The molecule has 0 radical (unpaired) electrons. The largest absolute Gasteiger partial charge is 0.350 e. The SMILES string of the molecule is CCC1(CNC(=O)c2cn[nH]n2)CC1. The summed E-state index contributed by atoms with van der Waals surface area (Å²) in [6, 6.07) is 0. The maximum atomic E-state index is 11.5. The summed E-state index contributed by atoms with van der Waals surface area (Å²) in [5.74, 6) is -0.140. The van der Waals surface area contributed by atoms with Crippen LogP contribution in [0.2, 0.25) is 0 Å². The molecule has 1 amide bonds. The molecular weight excluding hydrogens is 180 g/mol. The van der Waals surface area contributed by atoms with Crippen LogP contribution in [0, 0.1) is 5.41 Å². The van der Waals surface area contributed by atoms with E-state index in [2.05, 4.69) is 27.7 Å². The zero-order chi connectivity index (χ0) is 10.0. The fourth-order valence-corrected chi connectivity index (χ4v) is 1.50. The average molecular weight is 194 g/mol. The molecule has 14 heavy (non-hydrogen) atoms. The molecule has 2 rings (SSSR count). The summed E-state index contributed by atoms with van der Waals surface area (Å²) in [7, 11) is 0. The average Bonchev–Trinajstić information content (AvgIpc) is 2.78. The monoisotopic (exact) mass is 194 g/mol. The highest BCUT2D eigenvalue weighted by Crippen LogP contribution is 2.47. The lowest BCUT2D eigenvalue weighted by atomic mass is 10.0. The number of H-pyrrole nitrogens is 1. The zero-order valence-corrected chi connectivity index (χ0v) is 8.21. The maximum absolute atomic E-state index is 11.5. The van der Waals surface area contributed by atoms with Crippen LogP contribution in [0.5, 0.6) is 0 Å². The quantitative estimate of drug-likeness (QED) is 0.742. The first-order valence-electron chi connectivity index (χ1n) is 4.90. The summed E-state index contributed by atoms with van der Waals surface area (Å²) < 4.78 is 0. The molecule has 1 fully saturated rings. The van der Waals surface area contributed by atoms with Crippen molar-refractivity contribution in [3.63, 3.8) is 0 Å². The van der Waals surface area contributed by atoms with Gasteiger partial charge in [-0.25, -0.2) is 0 Å². The molecule has 2 N–H and O–H groups in total. The van der Waals surface area contributed by atoms with Crippen molar-refractivity contribution >= 4 is 5.91 Å². The van der Waals surface area contributed by atoms with Gasteiger partial charge in [-0.1, -0.05) is 6.92 Å². The molecule has 1 aliphatic rings. The van der Waals surface area contributed by atoms with Crippen LogP contribution in [0.15, 0.2) is 6.20 Å². The van der Waals surface area contributed by atoms with Gasteiger partial charge in [-0.3, -0.25) is 4.79 Å². The minimum atomic E-state index is -0.140. The molecule has 1 aliphatic carbocycles. The Morgan fingerprint density at radius 3 is 3.00 bits per heavy atom. The molecule has 0 saturated heterocycles. The molecule has 76 valence electrons. The summed E-state index contributed by atoms with van der Waals surface area (Å²) in [4.78, 5) is 11.5. The summed E-state index contributed by atoms with van der Waals surface area (Å²) in [6.07, 6.45) is 5.01. The summed E-state index contributed by atoms with van der Waals surface area (Å²) >= 11 is 0. The molecule has 1 heterocycles. The first-order chi connectivity index (χ1) is 6.76. The van der Waals surface area contributed by atoms with Crippen molar-refractivity contribution in [2.45, 2.75) is 26.2 Å². The molecule has 0 atom stereocenters. The van der Waals surface area contributed by atoms with Crippen molar-refractivity contribution < 1.29 is 4.79 Å². The van der Waals surface area contributed by atoms with E-state index in [0.29, 0.717) is 11.1 Å². The van der Waals surface area contributed by atoms with Gasteiger partial charge in [-0.2, -0.15) is 15.4 Å². The lowest BCUT2D eigenvalue weighted by Crippen LogP contribution is -2.30. The third-order valence-corrected chi connectivity index (χ3v) is 2.98. The van der Waals surface area contributed by atoms with Gasteiger partial charge in [-0.15, -0.1) is 0 Å². The van der Waals surface area contributed by atoms with E-state index in [1.54, 1.807) is 0 Å². The highest BCUT2D eigenvalue weighted by atomic mass is 16.1. The van der Waals surface area contributed by atoms with Gasteiger partial charge in [0, 0.05) is 6.54 Å². The molecule has 0 aliphatic heterocycles. The molecular formula is C9H14N4O. The number of nitrogens with zero attached hydrogens (tertiary/aromatic N) is 2. The van der Waals surface area contributed by atoms with Gasteiger partial charge in [0.2, 0.25) is 0 Å². The number of aromatic amines is 1. The van der Waals surface area contributed by atoms with Gasteiger partial charge in [0.05, 0.1) is 6.20 Å². The van der Waals surface area contributed by atoms with Crippen molar-refractivity contribution in [3.8, 4) is 0 Å². The van der Waals surface area contributed by atoms with Crippen LogP contribution in [-0.4, -0.2) is 27.9 Å². The van der Waals surface area contributed by atoms with Gasteiger partial charge in [-0.05, 0) is 24.7 Å². The molecule has 0 unspecified atom stereocenters. The van der Waals surface area contributed by atoms with Crippen molar-refractivity contribution in [2.24, 2.45) is 5.41 Å². The molecule has 1 aromatic rings. The molecule has 1 aromatic heterocycles. The summed E-state index contributed by atoms with van der Waals surface area (Å²) in [5, 5.41) is 12.6. The molecule has 0 bridgehead atoms. The maximum Gasteiger partial charge on any atom is 0.273 e. The van der Waals surface area contributed by atoms with Gasteiger partial charge >= 0.3 is 0 Å². The Morgan fingerprint density at radius 1 is 1.71 bits per heavy atom. The fraction of sp³-hybridized carbons (Fsp3) is 0.667. The predicted molar refractivity (Wildman–Crippen MR) is 50.7 cm³/mol. The molecule has 1 saturated carbocycles. The van der Waals surface area contributed by atoms with E-state index < -0.39 is 0 Å². The number of carbonyl (C=O) groups excluding carboxylic acids is 1. The second kappa shape index (κ2) is 3.40. The summed E-state index contributed by atoms with van der Waals surface area (Å²) in [5.41, 5.74) is 0.733. The molecule has 5 heteroatoms. The van der Waals surface area contributed by atoms with E-state index in [1.807, 2.05) is 0 Å². The van der Waals surface area contributed by atoms with E-state index in [1.165, 1.54) is 19.0 Å². The number of rotatable bonds is 4. The van der Waals surface area contributed by atoms with Crippen molar-refractivity contribution in [2.75, 3.05) is 6.54 Å². The van der Waals surface area contributed by atoms with Gasteiger partial charge < -0.3 is 5.32 Å². The standard InChI is InChI=1S/C9H14N4O/c1-2-9(3-4-9)6-10-8(14)7-5-11-13-12-7/h5H,2-4,6H2,1H3,(H,10,14)(H,11,12,13). The van der Waals surface area contributed by atoms with Crippen molar-refractivity contribution in [3.05, 3.63) is 11.9 Å². The lowest BCUT2D eigenvalue weighted by Gasteiger charge is -2.11. The normalized spacial score (nSPS) is 17.8. The second-order valence-electron chi connectivity index (χ2n) is 3.89. The lowest BCUT2D eigenvalue weighted by molar-refractivity contribution is 0.0939. The Bertz CT molecular complexity index is 316. The van der Waals surface area contributed by atoms with Crippen LogP contribution in [0.25, 0.3) is 0 Å². The van der Waals surface area contributed by atoms with Crippen LogP contribution in [0.3, 0.4) is 0 Å². The van der Waals surface area contributed by atoms with E-state index in [-0.39, 0.29) is 5.91 Å². The Balaban J connectivity index is 1.84. The van der Waals surface area contributed by atoms with Crippen LogP contribution in [-0.2, 0) is 0 Å². The Labute approximate surface area is 82.3 Å². The van der Waals surface area contributed by atoms with Gasteiger partial charge in [0.15, 0.2) is 5.69 Å². The number of hydrogen-bond donors (Lipinski definition) is 2. The number of amides is 1. The van der Waals surface area contributed by atoms with E-state index in [9.17, 15) is 4.79 Å². The van der Waals surface area contributed by atoms with Crippen LogP contribution >= 0.6 is 0 Å². The first kappa shape index (κ1) is 9.18. The molecule has 0 aromatic carbocycles. The van der Waals surface area contributed by atoms with Crippen molar-refractivity contribution in [1.29, 1.82) is 0 Å². The topological polar surface area (TPSA) is 70.7 Å². The highest BCUT2D eigenvalue weighted by molar-refractivity contribution is 5.91. The highest BCUT2D eigenvalue weighted by Gasteiger charge is 2.40. The number of carbonyl (C=O) groups is 1. The van der Waals surface area contributed by atoms with Crippen LogP contribution < -0.4 is 5.32 Å². The fourth-order valence-electron chi connectivity index (χ4n) is 1.50. The number of aromatic nitrogens is 3. The van der Waals surface area contributed by atoms with E-state index in [0.717, 1.165) is 13.0 Å². The van der Waals surface area contributed by atoms with Crippen LogP contribution in [0.1, 0.15) is 36.7 Å². The van der Waals surface area contributed by atoms with Gasteiger partial charge in [0.25, 0.3) is 5.91 Å². The Morgan fingerprint density at radius 2 is 2.50 bits per heavy atom. The van der Waals surface area contributed by atoms with Gasteiger partial charge in [0.1, 0.15) is 0 Å². The smallest absolute Gasteiger partial charge is 0.273 e.